The van der Waals surface area contributed by atoms with Crippen molar-refractivity contribution >= 4 is 16.2 Å². The number of nitrogens with one attached hydrogen (secondary N) is 2. The summed E-state index contributed by atoms with van der Waals surface area (Å²) in [6.45, 7) is 0.282. The minimum absolute atomic E-state index is 0.0925. The van der Waals surface area contributed by atoms with Crippen molar-refractivity contribution in [2.45, 2.75) is 6.54 Å². The second-order valence-corrected chi connectivity index (χ2v) is 5.46. The van der Waals surface area contributed by atoms with Gasteiger partial charge in [-0.25, -0.2) is 9.82 Å². The molecule has 0 radical (unpaired) electrons. The van der Waals surface area contributed by atoms with Gasteiger partial charge in [0.2, 0.25) is 5.95 Å². The summed E-state index contributed by atoms with van der Waals surface area (Å²) in [6.07, 6.45) is 1.23. The number of rotatable bonds is 5. The van der Waals surface area contributed by atoms with Gasteiger partial charge in [0.15, 0.2) is 0 Å². The van der Waals surface area contributed by atoms with Gasteiger partial charge in [-0.05, 0) is 5.56 Å². The molecule has 96 valence electrons. The van der Waals surface area contributed by atoms with Crippen LogP contribution in [0, 0.1) is 0 Å². The molecule has 0 aliphatic rings. The van der Waals surface area contributed by atoms with Crippen LogP contribution in [0.1, 0.15) is 5.56 Å². The Morgan fingerprint density at radius 3 is 2.67 bits per heavy atom. The number of nitrogens with zero attached hydrogens (tertiary/aromatic N) is 3. The molecule has 0 bridgehead atoms. The summed E-state index contributed by atoms with van der Waals surface area (Å²) in [4.78, 5) is 3.71. The zero-order valence-electron chi connectivity index (χ0n) is 9.74. The topological polar surface area (TPSA) is 91.0 Å². The van der Waals surface area contributed by atoms with Crippen molar-refractivity contribution in [1.82, 2.24) is 19.5 Å². The van der Waals surface area contributed by atoms with Crippen LogP contribution in [0.3, 0.4) is 0 Å². The molecular weight excluding hydrogens is 254 g/mol. The van der Waals surface area contributed by atoms with E-state index in [2.05, 4.69) is 19.9 Å². The Bertz CT molecular complexity index is 582. The lowest BCUT2D eigenvalue weighted by Crippen LogP contribution is -2.32. The molecule has 1 aromatic carbocycles. The van der Waals surface area contributed by atoms with Crippen LogP contribution in [0.5, 0.6) is 0 Å². The van der Waals surface area contributed by atoms with E-state index in [0.717, 1.165) is 5.56 Å². The number of H-pyrrole nitrogens is 1. The van der Waals surface area contributed by atoms with Gasteiger partial charge in [0.25, 0.3) is 0 Å². The first-order valence-electron chi connectivity index (χ1n) is 5.21. The molecule has 0 atom stereocenters. The lowest BCUT2D eigenvalue weighted by molar-refractivity contribution is 0.471. The molecule has 1 heterocycles. The number of aromatic amines is 1. The van der Waals surface area contributed by atoms with Crippen molar-refractivity contribution in [2.75, 3.05) is 11.8 Å². The van der Waals surface area contributed by atoms with Crippen LogP contribution in [0.2, 0.25) is 0 Å². The van der Waals surface area contributed by atoms with Gasteiger partial charge in [-0.3, -0.25) is 0 Å². The van der Waals surface area contributed by atoms with E-state index < -0.39 is 10.2 Å². The highest BCUT2D eigenvalue weighted by Crippen LogP contribution is 2.08. The minimum Gasteiger partial charge on any atom is -0.245 e. The average Bonchev–Trinajstić information content (AvgIpc) is 2.82. The largest absolute Gasteiger partial charge is 0.304 e. The fourth-order valence-electron chi connectivity index (χ4n) is 1.38. The second kappa shape index (κ2) is 5.15. The fraction of sp³-hybridized carbons (Fsp3) is 0.200. The van der Waals surface area contributed by atoms with Crippen molar-refractivity contribution < 1.29 is 8.42 Å². The summed E-state index contributed by atoms with van der Waals surface area (Å²) in [7, 11) is -2.14. The predicted octanol–water partition coefficient (Wildman–Crippen LogP) is 0.593. The molecule has 2 aromatic rings. The smallest absolute Gasteiger partial charge is 0.245 e. The molecule has 0 amide bonds. The Hall–Kier alpha value is -1.93. The molecule has 0 unspecified atom stereocenters. The van der Waals surface area contributed by atoms with Crippen molar-refractivity contribution in [2.24, 2.45) is 0 Å². The first kappa shape index (κ1) is 12.5. The minimum atomic E-state index is -3.63. The van der Waals surface area contributed by atoms with Crippen LogP contribution in [0.15, 0.2) is 36.7 Å². The van der Waals surface area contributed by atoms with E-state index in [0.29, 0.717) is 0 Å². The van der Waals surface area contributed by atoms with Gasteiger partial charge in [0, 0.05) is 13.6 Å². The van der Waals surface area contributed by atoms with Crippen LogP contribution in [0.4, 0.5) is 5.95 Å². The average molecular weight is 267 g/mol. The monoisotopic (exact) mass is 267 g/mol. The zero-order chi connectivity index (χ0) is 13.0. The summed E-state index contributed by atoms with van der Waals surface area (Å²) < 4.78 is 27.3. The number of aromatic nitrogens is 3. The molecule has 1 aromatic heterocycles. The van der Waals surface area contributed by atoms with Crippen molar-refractivity contribution in [3.05, 3.63) is 42.2 Å². The summed E-state index contributed by atoms with van der Waals surface area (Å²) in [5.74, 6) is 0.0925. The molecule has 0 saturated carbocycles. The highest BCUT2D eigenvalue weighted by atomic mass is 32.2. The Kier molecular flexibility index (Phi) is 3.58. The molecule has 0 spiro atoms. The number of anilines is 1. The van der Waals surface area contributed by atoms with Crippen LogP contribution in [0.25, 0.3) is 0 Å². The van der Waals surface area contributed by atoms with Crippen LogP contribution < -0.4 is 4.72 Å². The molecule has 0 fully saturated rings. The Labute approximate surface area is 105 Å². The zero-order valence-corrected chi connectivity index (χ0v) is 10.6. The summed E-state index contributed by atoms with van der Waals surface area (Å²) in [6, 6.07) is 9.32. The van der Waals surface area contributed by atoms with Gasteiger partial charge in [-0.1, -0.05) is 30.3 Å². The number of hydrogen-bond acceptors (Lipinski definition) is 4. The van der Waals surface area contributed by atoms with Crippen molar-refractivity contribution in [3.63, 3.8) is 0 Å². The van der Waals surface area contributed by atoms with Gasteiger partial charge < -0.3 is 0 Å². The van der Waals surface area contributed by atoms with Gasteiger partial charge in [0.05, 0.1) is 0 Å². The molecule has 2 rings (SSSR count). The van der Waals surface area contributed by atoms with E-state index in [-0.39, 0.29) is 12.5 Å². The Morgan fingerprint density at radius 1 is 1.33 bits per heavy atom. The quantitative estimate of drug-likeness (QED) is 0.829. The van der Waals surface area contributed by atoms with E-state index in [1.165, 1.54) is 17.7 Å². The first-order chi connectivity index (χ1) is 8.58. The van der Waals surface area contributed by atoms with Crippen LogP contribution in [-0.2, 0) is 16.8 Å². The molecule has 18 heavy (non-hydrogen) atoms. The van der Waals surface area contributed by atoms with E-state index in [4.69, 9.17) is 0 Å². The number of hydrogen-bond donors (Lipinski definition) is 2. The maximum atomic E-state index is 11.9. The third kappa shape index (κ3) is 3.05. The molecule has 7 nitrogen and oxygen atoms in total. The molecule has 0 aliphatic heterocycles. The Morgan fingerprint density at radius 2 is 2.06 bits per heavy atom. The number of benzene rings is 1. The second-order valence-electron chi connectivity index (χ2n) is 3.68. The summed E-state index contributed by atoms with van der Waals surface area (Å²) in [5.41, 5.74) is 0.906. The van der Waals surface area contributed by atoms with Crippen LogP contribution in [-0.4, -0.2) is 35.0 Å². The standard InChI is InChI=1S/C10H13N5O2S/c1-15(7-9-5-3-2-4-6-9)18(16,17)14-10-11-8-12-13-10/h2-6,8H,7H2,1H3,(H2,11,12,13,14). The van der Waals surface area contributed by atoms with Gasteiger partial charge in [0.1, 0.15) is 6.33 Å². The molecule has 0 saturated heterocycles. The summed E-state index contributed by atoms with van der Waals surface area (Å²) >= 11 is 0. The molecule has 8 heteroatoms. The first-order valence-corrected chi connectivity index (χ1v) is 6.65. The van der Waals surface area contributed by atoms with Crippen molar-refractivity contribution in [3.8, 4) is 0 Å². The third-order valence-corrected chi connectivity index (χ3v) is 3.70. The van der Waals surface area contributed by atoms with Gasteiger partial charge in [-0.15, -0.1) is 0 Å². The fourth-order valence-corrected chi connectivity index (χ4v) is 2.20. The lowest BCUT2D eigenvalue weighted by Gasteiger charge is -2.16. The van der Waals surface area contributed by atoms with Gasteiger partial charge >= 0.3 is 10.2 Å². The van der Waals surface area contributed by atoms with E-state index in [9.17, 15) is 8.42 Å². The predicted molar refractivity (Wildman–Crippen MR) is 66.8 cm³/mol. The molecule has 0 aliphatic carbocycles. The van der Waals surface area contributed by atoms with Crippen molar-refractivity contribution in [1.29, 1.82) is 0 Å². The van der Waals surface area contributed by atoms with E-state index >= 15 is 0 Å². The maximum Gasteiger partial charge on any atom is 0.304 e. The molecular formula is C10H13N5O2S. The van der Waals surface area contributed by atoms with E-state index in [1.807, 2.05) is 30.3 Å². The lowest BCUT2D eigenvalue weighted by atomic mass is 10.2. The Balaban J connectivity index is 2.06. The molecule has 2 N–H and O–H groups in total. The van der Waals surface area contributed by atoms with Gasteiger partial charge in [-0.2, -0.15) is 22.8 Å². The maximum absolute atomic E-state index is 11.9. The third-order valence-electron chi connectivity index (χ3n) is 2.30. The highest BCUT2D eigenvalue weighted by Gasteiger charge is 2.18. The normalized spacial score (nSPS) is 11.7. The SMILES string of the molecule is CN(Cc1ccccc1)S(=O)(=O)Nc1ncn[nH]1. The summed E-state index contributed by atoms with van der Waals surface area (Å²) in [5, 5.41) is 6.00. The van der Waals surface area contributed by atoms with Crippen LogP contribution >= 0.6 is 0 Å². The highest BCUT2D eigenvalue weighted by molar-refractivity contribution is 7.90. The van der Waals surface area contributed by atoms with E-state index in [1.54, 1.807) is 0 Å².